The van der Waals surface area contributed by atoms with E-state index in [2.05, 4.69) is 4.98 Å². The first-order valence-corrected chi connectivity index (χ1v) is 4.37. The first-order valence-electron chi connectivity index (χ1n) is 3.61. The van der Waals surface area contributed by atoms with Gasteiger partial charge in [-0.05, 0) is 12.1 Å². The number of pyridine rings is 1. The molecular weight excluding hydrogens is 209 g/mol. The molecule has 0 spiro atoms. The van der Waals surface area contributed by atoms with Crippen molar-refractivity contribution in [2.24, 2.45) is 0 Å². The average molecular weight is 214 g/mol. The molecule has 0 aliphatic carbocycles. The molecule has 0 saturated heterocycles. The first-order chi connectivity index (χ1) is 6.18. The lowest BCUT2D eigenvalue weighted by Gasteiger charge is -2.01. The molecule has 0 radical (unpaired) electrons. The largest absolute Gasteiger partial charge is 0.504 e. The second kappa shape index (κ2) is 3.05. The second-order valence-electron chi connectivity index (χ2n) is 2.62. The molecule has 1 aromatic carbocycles. The fraction of sp³-hybridized carbons (Fsp3) is 0. The second-order valence-corrected chi connectivity index (χ2v) is 3.46. The predicted molar refractivity (Wildman–Crippen MR) is 53.4 cm³/mol. The lowest BCUT2D eigenvalue weighted by Crippen LogP contribution is -1.80. The van der Waals surface area contributed by atoms with Crippen LogP contribution in [0.15, 0.2) is 24.4 Å². The van der Waals surface area contributed by atoms with Gasteiger partial charge in [-0.3, -0.25) is 4.98 Å². The Kier molecular flexibility index (Phi) is 2.02. The predicted octanol–water partition coefficient (Wildman–Crippen LogP) is 3.25. The lowest BCUT2D eigenvalue weighted by atomic mass is 10.2. The molecule has 0 aliphatic heterocycles. The lowest BCUT2D eigenvalue weighted by molar-refractivity contribution is 0.480. The molecule has 0 atom stereocenters. The van der Waals surface area contributed by atoms with E-state index in [-0.39, 0.29) is 5.75 Å². The van der Waals surface area contributed by atoms with Crippen LogP contribution in [0.4, 0.5) is 0 Å². The number of aromatic hydroxyl groups is 1. The first kappa shape index (κ1) is 8.60. The number of phenols is 1. The van der Waals surface area contributed by atoms with Crippen molar-refractivity contribution in [3.63, 3.8) is 0 Å². The van der Waals surface area contributed by atoms with E-state index < -0.39 is 0 Å². The Balaban J connectivity index is 2.87. The van der Waals surface area contributed by atoms with Gasteiger partial charge in [0.15, 0.2) is 5.75 Å². The van der Waals surface area contributed by atoms with Gasteiger partial charge in [-0.15, -0.1) is 0 Å². The van der Waals surface area contributed by atoms with Crippen molar-refractivity contribution in [3.05, 3.63) is 34.4 Å². The number of nitrogens with zero attached hydrogens (tertiary/aromatic N) is 1. The molecule has 0 amide bonds. The maximum Gasteiger partial charge on any atom is 0.160 e. The summed E-state index contributed by atoms with van der Waals surface area (Å²) in [5.41, 5.74) is 0.469. The van der Waals surface area contributed by atoms with Crippen LogP contribution in [0.5, 0.6) is 5.75 Å². The monoisotopic (exact) mass is 213 g/mol. The highest BCUT2D eigenvalue weighted by Gasteiger charge is 2.05. The van der Waals surface area contributed by atoms with Gasteiger partial charge >= 0.3 is 0 Å². The van der Waals surface area contributed by atoms with Crippen LogP contribution < -0.4 is 0 Å². The Morgan fingerprint density at radius 3 is 2.77 bits per heavy atom. The Morgan fingerprint density at radius 1 is 1.23 bits per heavy atom. The highest BCUT2D eigenvalue weighted by atomic mass is 35.5. The SMILES string of the molecule is Oc1c(Cl)ccc2cc(Cl)cnc12. The van der Waals surface area contributed by atoms with Crippen LogP contribution >= 0.6 is 23.2 Å². The van der Waals surface area contributed by atoms with Crippen LogP contribution in [0, 0.1) is 0 Å². The van der Waals surface area contributed by atoms with Crippen molar-refractivity contribution < 1.29 is 5.11 Å². The van der Waals surface area contributed by atoms with Gasteiger partial charge in [-0.1, -0.05) is 29.3 Å². The number of rotatable bonds is 0. The van der Waals surface area contributed by atoms with Gasteiger partial charge in [-0.2, -0.15) is 0 Å². The van der Waals surface area contributed by atoms with Gasteiger partial charge in [0, 0.05) is 11.6 Å². The van der Waals surface area contributed by atoms with Gasteiger partial charge in [0.1, 0.15) is 5.52 Å². The van der Waals surface area contributed by atoms with E-state index in [0.717, 1.165) is 5.39 Å². The van der Waals surface area contributed by atoms with Crippen LogP contribution in [0.3, 0.4) is 0 Å². The Bertz CT molecular complexity index is 470. The summed E-state index contributed by atoms with van der Waals surface area (Å²) in [4.78, 5) is 3.97. The van der Waals surface area contributed by atoms with Crippen molar-refractivity contribution in [3.8, 4) is 5.75 Å². The summed E-state index contributed by atoms with van der Waals surface area (Å²) < 4.78 is 0. The molecule has 2 nitrogen and oxygen atoms in total. The highest BCUT2D eigenvalue weighted by molar-refractivity contribution is 6.33. The summed E-state index contributed by atoms with van der Waals surface area (Å²) in [7, 11) is 0. The Labute approximate surface area is 84.7 Å². The van der Waals surface area contributed by atoms with Crippen molar-refractivity contribution >= 4 is 34.1 Å². The van der Waals surface area contributed by atoms with Gasteiger partial charge in [0.25, 0.3) is 0 Å². The fourth-order valence-corrected chi connectivity index (χ4v) is 1.45. The molecule has 66 valence electrons. The van der Waals surface area contributed by atoms with E-state index in [1.165, 1.54) is 6.20 Å². The summed E-state index contributed by atoms with van der Waals surface area (Å²) >= 11 is 11.4. The molecule has 0 unspecified atom stereocenters. The van der Waals surface area contributed by atoms with E-state index in [1.54, 1.807) is 18.2 Å². The number of hydrogen-bond acceptors (Lipinski definition) is 2. The van der Waals surface area contributed by atoms with Gasteiger partial charge in [0.2, 0.25) is 0 Å². The number of benzene rings is 1. The van der Waals surface area contributed by atoms with E-state index in [1.807, 2.05) is 0 Å². The molecule has 0 saturated carbocycles. The summed E-state index contributed by atoms with van der Waals surface area (Å²) in [6.45, 7) is 0. The number of aromatic nitrogens is 1. The minimum atomic E-state index is -0.00386. The molecule has 1 N–H and O–H groups in total. The smallest absolute Gasteiger partial charge is 0.160 e. The maximum absolute atomic E-state index is 9.51. The number of phenolic OH excluding ortho intramolecular Hbond substituents is 1. The van der Waals surface area contributed by atoms with E-state index in [0.29, 0.717) is 15.6 Å². The Hall–Kier alpha value is -0.990. The van der Waals surface area contributed by atoms with Gasteiger partial charge < -0.3 is 5.11 Å². The van der Waals surface area contributed by atoms with Crippen LogP contribution in [-0.2, 0) is 0 Å². The molecule has 0 bridgehead atoms. The van der Waals surface area contributed by atoms with E-state index >= 15 is 0 Å². The molecule has 0 fully saturated rings. The molecular formula is C9H5Cl2NO. The zero-order chi connectivity index (χ0) is 9.42. The molecule has 1 heterocycles. The molecule has 4 heteroatoms. The highest BCUT2D eigenvalue weighted by Crippen LogP contribution is 2.31. The summed E-state index contributed by atoms with van der Waals surface area (Å²) in [5, 5.41) is 11.1. The fourth-order valence-electron chi connectivity index (χ4n) is 1.13. The van der Waals surface area contributed by atoms with Crippen LogP contribution in [-0.4, -0.2) is 10.1 Å². The third-order valence-electron chi connectivity index (χ3n) is 1.74. The minimum absolute atomic E-state index is 0.00386. The Morgan fingerprint density at radius 2 is 2.00 bits per heavy atom. The van der Waals surface area contributed by atoms with Crippen molar-refractivity contribution in [1.29, 1.82) is 0 Å². The standard InChI is InChI=1S/C9H5Cl2NO/c10-6-3-5-1-2-7(11)9(13)8(5)12-4-6/h1-4,13H. The third kappa shape index (κ3) is 1.43. The molecule has 2 aromatic rings. The number of halogens is 2. The van der Waals surface area contributed by atoms with Gasteiger partial charge in [-0.25, -0.2) is 0 Å². The number of fused-ring (bicyclic) bond motifs is 1. The van der Waals surface area contributed by atoms with Crippen molar-refractivity contribution in [2.75, 3.05) is 0 Å². The zero-order valence-electron chi connectivity index (χ0n) is 6.46. The molecule has 2 rings (SSSR count). The maximum atomic E-state index is 9.51. The minimum Gasteiger partial charge on any atom is -0.504 e. The van der Waals surface area contributed by atoms with Crippen LogP contribution in [0.25, 0.3) is 10.9 Å². The van der Waals surface area contributed by atoms with E-state index in [9.17, 15) is 5.11 Å². The van der Waals surface area contributed by atoms with Crippen molar-refractivity contribution in [2.45, 2.75) is 0 Å². The topological polar surface area (TPSA) is 33.1 Å². The summed E-state index contributed by atoms with van der Waals surface area (Å²) in [5.74, 6) is -0.00386. The number of hydrogen-bond donors (Lipinski definition) is 1. The molecule has 0 aliphatic rings. The summed E-state index contributed by atoms with van der Waals surface area (Å²) in [6, 6.07) is 5.09. The van der Waals surface area contributed by atoms with Crippen LogP contribution in [0.2, 0.25) is 10.0 Å². The molecule has 13 heavy (non-hydrogen) atoms. The van der Waals surface area contributed by atoms with Crippen molar-refractivity contribution in [1.82, 2.24) is 4.98 Å². The normalized spacial score (nSPS) is 10.6. The molecule has 1 aromatic heterocycles. The van der Waals surface area contributed by atoms with Gasteiger partial charge in [0.05, 0.1) is 10.0 Å². The average Bonchev–Trinajstić information content (AvgIpc) is 2.12. The quantitative estimate of drug-likeness (QED) is 0.730. The summed E-state index contributed by atoms with van der Waals surface area (Å²) in [6.07, 6.45) is 1.47. The van der Waals surface area contributed by atoms with Crippen LogP contribution in [0.1, 0.15) is 0 Å². The third-order valence-corrected chi connectivity index (χ3v) is 2.26. The van der Waals surface area contributed by atoms with E-state index in [4.69, 9.17) is 23.2 Å². The zero-order valence-corrected chi connectivity index (χ0v) is 7.97.